The summed E-state index contributed by atoms with van der Waals surface area (Å²) in [4.78, 5) is 8.36. The standard InChI is InChI=1S/C7H13N.CH2O2/c1-6-4-7(5-6)2-3-8;2-1-3/h7H,1-5,8H2;1H,(H,2,3). The van der Waals surface area contributed by atoms with E-state index in [-0.39, 0.29) is 6.47 Å². The monoisotopic (exact) mass is 157 g/mol. The highest BCUT2D eigenvalue weighted by atomic mass is 16.3. The first-order valence-corrected chi connectivity index (χ1v) is 3.69. The Kier molecular flexibility index (Phi) is 5.47. The summed E-state index contributed by atoms with van der Waals surface area (Å²) in [5.41, 5.74) is 6.76. The van der Waals surface area contributed by atoms with Gasteiger partial charge in [-0.3, -0.25) is 4.79 Å². The van der Waals surface area contributed by atoms with Gasteiger partial charge in [-0.15, -0.1) is 0 Å². The molecule has 11 heavy (non-hydrogen) atoms. The molecular formula is C8H15NO2. The minimum Gasteiger partial charge on any atom is -0.483 e. The first kappa shape index (κ1) is 10.2. The van der Waals surface area contributed by atoms with Gasteiger partial charge in [0.2, 0.25) is 0 Å². The molecule has 1 saturated carbocycles. The molecule has 0 aromatic carbocycles. The van der Waals surface area contributed by atoms with Crippen molar-refractivity contribution in [2.45, 2.75) is 19.3 Å². The van der Waals surface area contributed by atoms with Crippen LogP contribution in [0.4, 0.5) is 0 Å². The van der Waals surface area contributed by atoms with Crippen LogP contribution in [0.1, 0.15) is 19.3 Å². The second kappa shape index (κ2) is 5.92. The predicted octanol–water partition coefficient (Wildman–Crippen LogP) is 1.00. The zero-order valence-electron chi connectivity index (χ0n) is 6.62. The van der Waals surface area contributed by atoms with Crippen LogP contribution in [0.2, 0.25) is 0 Å². The molecule has 0 bridgehead atoms. The quantitative estimate of drug-likeness (QED) is 0.464. The van der Waals surface area contributed by atoms with Crippen molar-refractivity contribution < 1.29 is 9.90 Å². The van der Waals surface area contributed by atoms with Crippen molar-refractivity contribution in [1.82, 2.24) is 0 Å². The minimum absolute atomic E-state index is 0.250. The summed E-state index contributed by atoms with van der Waals surface area (Å²) in [5.74, 6) is 0.882. The smallest absolute Gasteiger partial charge is 0.290 e. The third kappa shape index (κ3) is 4.56. The summed E-state index contributed by atoms with van der Waals surface area (Å²) < 4.78 is 0. The molecule has 0 atom stereocenters. The van der Waals surface area contributed by atoms with Crippen LogP contribution in [0.3, 0.4) is 0 Å². The van der Waals surface area contributed by atoms with Crippen molar-refractivity contribution in [3.05, 3.63) is 12.2 Å². The molecule has 0 aromatic heterocycles. The molecule has 0 saturated heterocycles. The van der Waals surface area contributed by atoms with E-state index in [2.05, 4.69) is 6.58 Å². The zero-order chi connectivity index (χ0) is 8.69. The van der Waals surface area contributed by atoms with Crippen molar-refractivity contribution in [1.29, 1.82) is 0 Å². The number of rotatable bonds is 2. The van der Waals surface area contributed by atoms with E-state index >= 15 is 0 Å². The SMILES string of the molecule is C=C1CC(CCN)C1.O=CO. The molecular weight excluding hydrogens is 142 g/mol. The van der Waals surface area contributed by atoms with Gasteiger partial charge in [-0.1, -0.05) is 12.2 Å². The number of nitrogens with two attached hydrogens (primary N) is 1. The minimum atomic E-state index is -0.250. The molecule has 0 radical (unpaired) electrons. The first-order valence-electron chi connectivity index (χ1n) is 3.69. The summed E-state index contributed by atoms with van der Waals surface area (Å²) >= 11 is 0. The molecule has 1 aliphatic carbocycles. The third-order valence-electron chi connectivity index (χ3n) is 1.73. The van der Waals surface area contributed by atoms with Crippen molar-refractivity contribution in [2.75, 3.05) is 6.54 Å². The number of hydrogen-bond donors (Lipinski definition) is 2. The van der Waals surface area contributed by atoms with Crippen LogP contribution in [-0.2, 0) is 4.79 Å². The summed E-state index contributed by atoms with van der Waals surface area (Å²) in [6.07, 6.45) is 3.66. The molecule has 0 aliphatic heterocycles. The molecule has 0 aromatic rings. The van der Waals surface area contributed by atoms with Crippen LogP contribution in [0.25, 0.3) is 0 Å². The van der Waals surface area contributed by atoms with Gasteiger partial charge in [-0.25, -0.2) is 0 Å². The average molecular weight is 157 g/mol. The van der Waals surface area contributed by atoms with Crippen LogP contribution in [0.5, 0.6) is 0 Å². The maximum atomic E-state index is 8.36. The van der Waals surface area contributed by atoms with Gasteiger partial charge in [0.25, 0.3) is 6.47 Å². The van der Waals surface area contributed by atoms with Crippen molar-refractivity contribution in [3.8, 4) is 0 Å². The Morgan fingerprint density at radius 1 is 1.73 bits per heavy atom. The molecule has 0 amide bonds. The lowest BCUT2D eigenvalue weighted by molar-refractivity contribution is -0.122. The lowest BCUT2D eigenvalue weighted by Gasteiger charge is -2.27. The lowest BCUT2D eigenvalue weighted by atomic mass is 9.79. The van der Waals surface area contributed by atoms with Gasteiger partial charge in [0.15, 0.2) is 0 Å². The summed E-state index contributed by atoms with van der Waals surface area (Å²) in [6, 6.07) is 0. The second-order valence-corrected chi connectivity index (χ2v) is 2.71. The zero-order valence-corrected chi connectivity index (χ0v) is 6.62. The van der Waals surface area contributed by atoms with E-state index in [0.717, 1.165) is 12.5 Å². The molecule has 3 heteroatoms. The highest BCUT2D eigenvalue weighted by Crippen LogP contribution is 2.33. The fourth-order valence-corrected chi connectivity index (χ4v) is 1.20. The Labute approximate surface area is 66.9 Å². The summed E-state index contributed by atoms with van der Waals surface area (Å²) in [7, 11) is 0. The van der Waals surface area contributed by atoms with Gasteiger partial charge < -0.3 is 10.8 Å². The first-order chi connectivity index (χ1) is 5.24. The van der Waals surface area contributed by atoms with Crippen LogP contribution in [-0.4, -0.2) is 18.1 Å². The van der Waals surface area contributed by atoms with Crippen molar-refractivity contribution >= 4 is 6.47 Å². The molecule has 1 aliphatic rings. The van der Waals surface area contributed by atoms with E-state index in [0.29, 0.717) is 0 Å². The molecule has 3 N–H and O–H groups in total. The fourth-order valence-electron chi connectivity index (χ4n) is 1.20. The topological polar surface area (TPSA) is 63.3 Å². The normalized spacial score (nSPS) is 16.3. The van der Waals surface area contributed by atoms with Crippen LogP contribution >= 0.6 is 0 Å². The predicted molar refractivity (Wildman–Crippen MR) is 44.2 cm³/mol. The molecule has 0 heterocycles. The Morgan fingerprint density at radius 3 is 2.45 bits per heavy atom. The van der Waals surface area contributed by atoms with Gasteiger partial charge in [0.1, 0.15) is 0 Å². The van der Waals surface area contributed by atoms with Gasteiger partial charge in [0, 0.05) is 0 Å². The number of hydrogen-bond acceptors (Lipinski definition) is 2. The second-order valence-electron chi connectivity index (χ2n) is 2.71. The van der Waals surface area contributed by atoms with Gasteiger partial charge in [-0.2, -0.15) is 0 Å². The molecule has 1 fully saturated rings. The van der Waals surface area contributed by atoms with Gasteiger partial charge in [-0.05, 0) is 31.7 Å². The maximum absolute atomic E-state index is 8.36. The molecule has 3 nitrogen and oxygen atoms in total. The largest absolute Gasteiger partial charge is 0.483 e. The van der Waals surface area contributed by atoms with E-state index in [1.54, 1.807) is 0 Å². The summed E-state index contributed by atoms with van der Waals surface area (Å²) in [5, 5.41) is 6.89. The molecule has 0 spiro atoms. The Balaban J connectivity index is 0.000000292. The van der Waals surface area contributed by atoms with E-state index < -0.39 is 0 Å². The number of carboxylic acid groups (broad SMARTS) is 1. The Hall–Kier alpha value is -0.830. The van der Waals surface area contributed by atoms with Crippen LogP contribution in [0.15, 0.2) is 12.2 Å². The van der Waals surface area contributed by atoms with Crippen molar-refractivity contribution in [2.24, 2.45) is 11.7 Å². The van der Waals surface area contributed by atoms with Gasteiger partial charge >= 0.3 is 0 Å². The number of allylic oxidation sites excluding steroid dienone is 1. The number of carbonyl (C=O) groups is 1. The lowest BCUT2D eigenvalue weighted by Crippen LogP contribution is -2.17. The molecule has 1 rings (SSSR count). The van der Waals surface area contributed by atoms with Crippen LogP contribution in [0, 0.1) is 5.92 Å². The Bertz CT molecular complexity index is 126. The molecule has 64 valence electrons. The fraction of sp³-hybridized carbons (Fsp3) is 0.625. The van der Waals surface area contributed by atoms with E-state index in [9.17, 15) is 0 Å². The van der Waals surface area contributed by atoms with Crippen LogP contribution < -0.4 is 5.73 Å². The van der Waals surface area contributed by atoms with E-state index in [4.69, 9.17) is 15.6 Å². The molecule has 0 unspecified atom stereocenters. The Morgan fingerprint density at radius 2 is 2.18 bits per heavy atom. The maximum Gasteiger partial charge on any atom is 0.290 e. The third-order valence-corrected chi connectivity index (χ3v) is 1.73. The highest BCUT2D eigenvalue weighted by Gasteiger charge is 2.19. The average Bonchev–Trinajstić information content (AvgIpc) is 1.87. The highest BCUT2D eigenvalue weighted by molar-refractivity contribution is 5.32. The van der Waals surface area contributed by atoms with Gasteiger partial charge in [0.05, 0.1) is 0 Å². The van der Waals surface area contributed by atoms with E-state index in [1.807, 2.05) is 0 Å². The van der Waals surface area contributed by atoms with Crippen molar-refractivity contribution in [3.63, 3.8) is 0 Å². The van der Waals surface area contributed by atoms with E-state index in [1.165, 1.54) is 24.8 Å². The summed E-state index contributed by atoms with van der Waals surface area (Å²) in [6.45, 7) is 4.45.